The van der Waals surface area contributed by atoms with Crippen molar-refractivity contribution >= 4 is 38.0 Å². The molecule has 0 saturated heterocycles. The van der Waals surface area contributed by atoms with Gasteiger partial charge in [-0.15, -0.1) is 0 Å². The van der Waals surface area contributed by atoms with Gasteiger partial charge in [-0.2, -0.15) is 0 Å². The third-order valence-electron chi connectivity index (χ3n) is 3.19. The molecular formula is C12H28IPS. The molecule has 0 aliphatic heterocycles. The van der Waals surface area contributed by atoms with E-state index in [0.717, 1.165) is 0 Å². The Bertz CT molecular complexity index is 142. The van der Waals surface area contributed by atoms with E-state index in [4.69, 9.17) is 0 Å². The van der Waals surface area contributed by atoms with Gasteiger partial charge in [0.05, 0.1) is 0 Å². The molecule has 0 radical (unpaired) electrons. The van der Waals surface area contributed by atoms with Crippen LogP contribution in [-0.2, 0) is 0 Å². The van der Waals surface area contributed by atoms with E-state index in [1.165, 1.54) is 49.9 Å². The quantitative estimate of drug-likeness (QED) is 0.386. The van der Waals surface area contributed by atoms with E-state index in [-0.39, 0.29) is 0 Å². The van der Waals surface area contributed by atoms with E-state index in [9.17, 15) is 0 Å². The molecule has 0 fully saturated rings. The minimum absolute atomic E-state index is 1.33. The molecule has 0 aromatic heterocycles. The maximum atomic E-state index is 2.90. The molecule has 0 aromatic rings. The van der Waals surface area contributed by atoms with Crippen LogP contribution in [-0.4, -0.2) is 37.2 Å². The van der Waals surface area contributed by atoms with Crippen molar-refractivity contribution in [3.63, 3.8) is 0 Å². The molecule has 0 amide bonds. The van der Waals surface area contributed by atoms with Gasteiger partial charge in [-0.25, -0.2) is 0 Å². The molecule has 3 heteroatoms. The van der Waals surface area contributed by atoms with E-state index in [2.05, 4.69) is 48.8 Å². The van der Waals surface area contributed by atoms with Crippen molar-refractivity contribution in [1.82, 2.24) is 0 Å². The summed E-state index contributed by atoms with van der Waals surface area (Å²) in [5.41, 5.74) is 0. The SMILES string of the molecule is CCCCP(C)(I)(CCCC)CCSC. The van der Waals surface area contributed by atoms with E-state index in [1.807, 2.05) is 11.8 Å². The fraction of sp³-hybridized carbons (Fsp3) is 1.00. The molecule has 0 bridgehead atoms. The molecule has 0 nitrogen and oxygen atoms in total. The first-order chi connectivity index (χ1) is 6.96. The van der Waals surface area contributed by atoms with Gasteiger partial charge in [-0.3, -0.25) is 0 Å². The average molecular weight is 362 g/mol. The summed E-state index contributed by atoms with van der Waals surface area (Å²) in [6.07, 6.45) is 12.4. The van der Waals surface area contributed by atoms with Gasteiger partial charge in [0.15, 0.2) is 0 Å². The van der Waals surface area contributed by atoms with Crippen LogP contribution in [0.5, 0.6) is 0 Å². The number of halogens is 1. The van der Waals surface area contributed by atoms with Crippen molar-refractivity contribution in [1.29, 1.82) is 0 Å². The zero-order valence-electron chi connectivity index (χ0n) is 10.9. The van der Waals surface area contributed by atoms with Crippen LogP contribution in [0, 0.1) is 0 Å². The Labute approximate surface area is 114 Å². The second-order valence-electron chi connectivity index (χ2n) is 5.02. The van der Waals surface area contributed by atoms with Gasteiger partial charge >= 0.3 is 115 Å². The summed E-state index contributed by atoms with van der Waals surface area (Å²) < 4.78 is -1.33. The predicted molar refractivity (Wildman–Crippen MR) is 89.7 cm³/mol. The van der Waals surface area contributed by atoms with Crippen molar-refractivity contribution in [2.45, 2.75) is 39.5 Å². The van der Waals surface area contributed by atoms with Crippen molar-refractivity contribution in [2.24, 2.45) is 0 Å². The van der Waals surface area contributed by atoms with Crippen LogP contribution in [0.3, 0.4) is 0 Å². The van der Waals surface area contributed by atoms with Crippen molar-refractivity contribution < 1.29 is 0 Å². The molecule has 0 aliphatic rings. The molecular weight excluding hydrogens is 334 g/mol. The molecule has 15 heavy (non-hydrogen) atoms. The van der Waals surface area contributed by atoms with Gasteiger partial charge in [-0.05, 0) is 0 Å². The van der Waals surface area contributed by atoms with Gasteiger partial charge < -0.3 is 0 Å². The summed E-state index contributed by atoms with van der Waals surface area (Å²) in [6.45, 7) is 7.28. The Hall–Kier alpha value is 1.51. The number of rotatable bonds is 9. The third kappa shape index (κ3) is 7.44. The summed E-state index contributed by atoms with van der Waals surface area (Å²) in [5, 5.41) is 0. The van der Waals surface area contributed by atoms with Crippen LogP contribution in [0.2, 0.25) is 0 Å². The normalized spacial score (nSPS) is 14.9. The fourth-order valence-electron chi connectivity index (χ4n) is 1.88. The molecule has 0 atom stereocenters. The molecule has 0 N–H and O–H groups in total. The molecule has 94 valence electrons. The third-order valence-corrected chi connectivity index (χ3v) is 13.1. The first-order valence-electron chi connectivity index (χ1n) is 6.18. The molecule has 0 aliphatic carbocycles. The van der Waals surface area contributed by atoms with E-state index >= 15 is 0 Å². The van der Waals surface area contributed by atoms with Crippen molar-refractivity contribution in [3.8, 4) is 0 Å². The topological polar surface area (TPSA) is 0 Å². The Morgan fingerprint density at radius 1 is 1.00 bits per heavy atom. The summed E-state index contributed by atoms with van der Waals surface area (Å²) in [4.78, 5) is 0. The zero-order valence-corrected chi connectivity index (χ0v) is 14.8. The van der Waals surface area contributed by atoms with Crippen molar-refractivity contribution in [2.75, 3.05) is 37.2 Å². The van der Waals surface area contributed by atoms with E-state index < -0.39 is 4.25 Å². The van der Waals surface area contributed by atoms with E-state index in [0.29, 0.717) is 0 Å². The number of hydrogen-bond donors (Lipinski definition) is 0. The number of hydrogen-bond acceptors (Lipinski definition) is 1. The van der Waals surface area contributed by atoms with Crippen LogP contribution in [0.15, 0.2) is 0 Å². The van der Waals surface area contributed by atoms with Gasteiger partial charge in [0, 0.05) is 0 Å². The summed E-state index contributed by atoms with van der Waals surface area (Å²) in [6, 6.07) is 0. The second kappa shape index (κ2) is 7.76. The molecule has 0 aromatic carbocycles. The molecule has 0 rings (SSSR count). The Morgan fingerprint density at radius 3 is 1.80 bits per heavy atom. The summed E-state index contributed by atoms with van der Waals surface area (Å²) >= 11 is 4.92. The van der Waals surface area contributed by atoms with Gasteiger partial charge in [0.25, 0.3) is 0 Å². The van der Waals surface area contributed by atoms with Crippen molar-refractivity contribution in [3.05, 3.63) is 0 Å². The zero-order chi connectivity index (χ0) is 11.8. The number of thioether (sulfide) groups is 1. The summed E-state index contributed by atoms with van der Waals surface area (Å²) in [5.74, 6) is 1.37. The molecule has 0 unspecified atom stereocenters. The van der Waals surface area contributed by atoms with Crippen LogP contribution < -0.4 is 0 Å². The fourth-order valence-corrected chi connectivity index (χ4v) is 11.5. The van der Waals surface area contributed by atoms with Gasteiger partial charge in [0.2, 0.25) is 0 Å². The first kappa shape index (κ1) is 16.5. The monoisotopic (exact) mass is 362 g/mol. The second-order valence-corrected chi connectivity index (χ2v) is 20.7. The average Bonchev–Trinajstić information content (AvgIpc) is 2.22. The Balaban J connectivity index is 4.33. The van der Waals surface area contributed by atoms with Crippen LogP contribution in [0.25, 0.3) is 0 Å². The first-order valence-corrected chi connectivity index (χ1v) is 13.6. The molecule has 0 spiro atoms. The Morgan fingerprint density at radius 2 is 1.47 bits per heavy atom. The Kier molecular flexibility index (Phi) is 8.54. The van der Waals surface area contributed by atoms with Crippen LogP contribution >= 0.6 is 38.0 Å². The predicted octanol–water partition coefficient (Wildman–Crippen LogP) is 5.48. The molecule has 0 heterocycles. The minimum atomic E-state index is -1.33. The van der Waals surface area contributed by atoms with Crippen LogP contribution in [0.4, 0.5) is 0 Å². The molecule has 0 saturated carbocycles. The summed E-state index contributed by atoms with van der Waals surface area (Å²) in [7, 11) is 0. The maximum absolute atomic E-state index is 2.90. The standard InChI is InChI=1S/C12H28IPS/c1-5-7-9-14(3,13,10-8-6-2)11-12-15-4/h5-12H2,1-4H3. The van der Waals surface area contributed by atoms with Crippen LogP contribution in [0.1, 0.15) is 39.5 Å². The van der Waals surface area contributed by atoms with Gasteiger partial charge in [0.1, 0.15) is 0 Å². The number of unbranched alkanes of at least 4 members (excludes halogenated alkanes) is 2. The van der Waals surface area contributed by atoms with E-state index in [1.54, 1.807) is 0 Å². The van der Waals surface area contributed by atoms with Gasteiger partial charge in [-0.1, -0.05) is 0 Å².